The molecule has 0 aromatic heterocycles. The Hall–Kier alpha value is -1.25. The van der Waals surface area contributed by atoms with E-state index in [1.807, 2.05) is 30.0 Å². The van der Waals surface area contributed by atoms with Crippen molar-refractivity contribution in [3.05, 3.63) is 23.8 Å². The number of rotatable bonds is 1. The van der Waals surface area contributed by atoms with Gasteiger partial charge in [-0.1, -0.05) is 12.1 Å². The van der Waals surface area contributed by atoms with Crippen LogP contribution >= 0.6 is 0 Å². The number of hydrogen-bond donors (Lipinski definition) is 1. The molecule has 2 N–H and O–H groups in total. The molecule has 1 aromatic carbocycles. The Morgan fingerprint density at radius 3 is 2.93 bits per heavy atom. The summed E-state index contributed by atoms with van der Waals surface area (Å²) >= 11 is 0. The summed E-state index contributed by atoms with van der Waals surface area (Å²) in [5.74, 6) is 0. The summed E-state index contributed by atoms with van der Waals surface area (Å²) in [6.45, 7) is 3.23. The molecule has 0 amide bonds. The molecular weight excluding hydrogens is 179 g/mol. The molecule has 1 aromatic rings. The summed E-state index contributed by atoms with van der Waals surface area (Å²) < 4.78 is 13.0. The quantitative estimate of drug-likeness (QED) is 0.694. The van der Waals surface area contributed by atoms with Gasteiger partial charge in [-0.15, -0.1) is 0 Å². The molecule has 2 rings (SSSR count). The van der Waals surface area contributed by atoms with Crippen LogP contribution in [0.25, 0.3) is 0 Å². The summed E-state index contributed by atoms with van der Waals surface area (Å²) in [6.07, 6.45) is -0.0807. The van der Waals surface area contributed by atoms with Gasteiger partial charge in [0.1, 0.15) is 6.17 Å². The summed E-state index contributed by atoms with van der Waals surface area (Å²) in [4.78, 5) is 2.02. The molecule has 0 radical (unpaired) electrons. The lowest BCUT2D eigenvalue weighted by atomic mass is 10.1. The van der Waals surface area contributed by atoms with E-state index in [4.69, 9.17) is 5.73 Å². The molecule has 3 heteroatoms. The predicted molar refractivity (Wildman–Crippen MR) is 57.3 cm³/mol. The molecule has 1 aliphatic heterocycles. The number of nitrogens with zero attached hydrogens (tertiary/aromatic N) is 1. The third kappa shape index (κ3) is 1.54. The zero-order chi connectivity index (χ0) is 10.1. The summed E-state index contributed by atoms with van der Waals surface area (Å²) in [5, 5.41) is 0. The molecule has 1 saturated heterocycles. The third-order valence-corrected chi connectivity index (χ3v) is 2.77. The van der Waals surface area contributed by atoms with Gasteiger partial charge in [0.15, 0.2) is 0 Å². The number of para-hydroxylation sites is 1. The number of aryl methyl sites for hydroxylation is 1. The largest absolute Gasteiger partial charge is 0.397 e. The second-order valence-corrected chi connectivity index (χ2v) is 3.84. The van der Waals surface area contributed by atoms with E-state index in [1.165, 1.54) is 0 Å². The van der Waals surface area contributed by atoms with Gasteiger partial charge in [0.2, 0.25) is 0 Å². The van der Waals surface area contributed by atoms with E-state index in [1.54, 1.807) is 0 Å². The van der Waals surface area contributed by atoms with Crippen LogP contribution in [0.2, 0.25) is 0 Å². The lowest BCUT2D eigenvalue weighted by Crippen LogP contribution is -2.21. The number of benzene rings is 1. The van der Waals surface area contributed by atoms with Crippen molar-refractivity contribution in [2.24, 2.45) is 0 Å². The number of anilines is 2. The van der Waals surface area contributed by atoms with E-state index in [-0.39, 0.29) is 0 Å². The number of nitrogen functional groups attached to an aromatic ring is 1. The maximum Gasteiger partial charge on any atom is 0.119 e. The highest BCUT2D eigenvalue weighted by molar-refractivity contribution is 5.71. The third-order valence-electron chi connectivity index (χ3n) is 2.77. The molecule has 14 heavy (non-hydrogen) atoms. The molecule has 0 saturated carbocycles. The summed E-state index contributed by atoms with van der Waals surface area (Å²) in [6, 6.07) is 5.90. The molecule has 0 spiro atoms. The van der Waals surface area contributed by atoms with Crippen LogP contribution in [0, 0.1) is 6.92 Å². The Morgan fingerprint density at radius 1 is 1.50 bits per heavy atom. The molecule has 76 valence electrons. The fourth-order valence-electron chi connectivity index (χ4n) is 1.88. The van der Waals surface area contributed by atoms with Crippen molar-refractivity contribution in [1.82, 2.24) is 0 Å². The van der Waals surface area contributed by atoms with E-state index in [0.29, 0.717) is 13.0 Å². The number of alkyl halides is 1. The van der Waals surface area contributed by atoms with Gasteiger partial charge in [0, 0.05) is 13.1 Å². The maximum absolute atomic E-state index is 13.0. The zero-order valence-electron chi connectivity index (χ0n) is 8.33. The van der Waals surface area contributed by atoms with Gasteiger partial charge in [-0.25, -0.2) is 4.39 Å². The van der Waals surface area contributed by atoms with E-state index in [0.717, 1.165) is 23.5 Å². The van der Waals surface area contributed by atoms with E-state index in [2.05, 4.69) is 0 Å². The van der Waals surface area contributed by atoms with Crippen molar-refractivity contribution in [2.45, 2.75) is 19.5 Å². The molecule has 1 aliphatic rings. The SMILES string of the molecule is Cc1cccc(N2CCC(F)C2)c1N. The van der Waals surface area contributed by atoms with Crippen LogP contribution in [-0.2, 0) is 0 Å². The molecule has 0 aliphatic carbocycles. The highest BCUT2D eigenvalue weighted by Crippen LogP contribution is 2.29. The van der Waals surface area contributed by atoms with Crippen molar-refractivity contribution in [3.8, 4) is 0 Å². The van der Waals surface area contributed by atoms with Gasteiger partial charge in [-0.3, -0.25) is 0 Å². The topological polar surface area (TPSA) is 29.3 Å². The van der Waals surface area contributed by atoms with Crippen LogP contribution in [0.5, 0.6) is 0 Å². The van der Waals surface area contributed by atoms with Crippen LogP contribution in [0.3, 0.4) is 0 Å². The van der Waals surface area contributed by atoms with Crippen molar-refractivity contribution >= 4 is 11.4 Å². The fourth-order valence-corrected chi connectivity index (χ4v) is 1.88. The van der Waals surface area contributed by atoms with Crippen molar-refractivity contribution in [1.29, 1.82) is 0 Å². The first kappa shape index (κ1) is 9.31. The first-order valence-electron chi connectivity index (χ1n) is 4.92. The minimum absolute atomic E-state index is 0.480. The first-order valence-corrected chi connectivity index (χ1v) is 4.92. The average molecular weight is 194 g/mol. The van der Waals surface area contributed by atoms with Gasteiger partial charge in [0.25, 0.3) is 0 Å². The van der Waals surface area contributed by atoms with Gasteiger partial charge < -0.3 is 10.6 Å². The van der Waals surface area contributed by atoms with Crippen molar-refractivity contribution in [2.75, 3.05) is 23.7 Å². The molecule has 1 unspecified atom stereocenters. The fraction of sp³-hybridized carbons (Fsp3) is 0.455. The molecular formula is C11H15FN2. The number of nitrogens with two attached hydrogens (primary N) is 1. The maximum atomic E-state index is 13.0. The molecule has 2 nitrogen and oxygen atoms in total. The lowest BCUT2D eigenvalue weighted by Gasteiger charge is -2.20. The predicted octanol–water partition coefficient (Wildman–Crippen LogP) is 2.13. The van der Waals surface area contributed by atoms with E-state index >= 15 is 0 Å². The van der Waals surface area contributed by atoms with Gasteiger partial charge >= 0.3 is 0 Å². The monoisotopic (exact) mass is 194 g/mol. The van der Waals surface area contributed by atoms with Gasteiger partial charge in [-0.05, 0) is 25.0 Å². The molecule has 1 fully saturated rings. The van der Waals surface area contributed by atoms with Crippen molar-refractivity contribution < 1.29 is 4.39 Å². The van der Waals surface area contributed by atoms with Crippen LogP contribution in [-0.4, -0.2) is 19.3 Å². The van der Waals surface area contributed by atoms with Crippen LogP contribution < -0.4 is 10.6 Å². The number of halogens is 1. The first-order chi connectivity index (χ1) is 6.68. The van der Waals surface area contributed by atoms with Crippen LogP contribution in [0.1, 0.15) is 12.0 Å². The smallest absolute Gasteiger partial charge is 0.119 e. The van der Waals surface area contributed by atoms with Crippen LogP contribution in [0.4, 0.5) is 15.8 Å². The Kier molecular flexibility index (Phi) is 2.32. The molecule has 1 heterocycles. The minimum atomic E-state index is -0.699. The Balaban J connectivity index is 2.28. The van der Waals surface area contributed by atoms with E-state index < -0.39 is 6.17 Å². The zero-order valence-corrected chi connectivity index (χ0v) is 8.33. The second-order valence-electron chi connectivity index (χ2n) is 3.84. The Morgan fingerprint density at radius 2 is 2.29 bits per heavy atom. The molecule has 0 bridgehead atoms. The normalized spacial score (nSPS) is 21.6. The second kappa shape index (κ2) is 3.48. The van der Waals surface area contributed by atoms with E-state index in [9.17, 15) is 4.39 Å². The highest BCUT2D eigenvalue weighted by Gasteiger charge is 2.23. The Labute approximate surface area is 83.5 Å². The summed E-state index contributed by atoms with van der Waals surface area (Å²) in [7, 11) is 0. The Bertz CT molecular complexity index is 338. The molecule has 1 atom stereocenters. The number of hydrogen-bond acceptors (Lipinski definition) is 2. The highest BCUT2D eigenvalue weighted by atomic mass is 19.1. The standard InChI is InChI=1S/C11H15FN2/c1-8-3-2-4-10(11(8)13)14-6-5-9(12)7-14/h2-4,9H,5-7,13H2,1H3. The van der Waals surface area contributed by atoms with Gasteiger partial charge in [-0.2, -0.15) is 0 Å². The lowest BCUT2D eigenvalue weighted by molar-refractivity contribution is 0.364. The van der Waals surface area contributed by atoms with Crippen molar-refractivity contribution in [3.63, 3.8) is 0 Å². The summed E-state index contributed by atoms with van der Waals surface area (Å²) in [5.41, 5.74) is 8.76. The minimum Gasteiger partial charge on any atom is -0.397 e. The van der Waals surface area contributed by atoms with Gasteiger partial charge in [0.05, 0.1) is 11.4 Å². The average Bonchev–Trinajstić information content (AvgIpc) is 2.57. The van der Waals surface area contributed by atoms with Crippen LogP contribution in [0.15, 0.2) is 18.2 Å².